The number of amides is 1. The first kappa shape index (κ1) is 12.8. The van der Waals surface area contributed by atoms with Crippen LogP contribution in [0.25, 0.3) is 0 Å². The highest BCUT2D eigenvalue weighted by atomic mass is 19.4. The van der Waals surface area contributed by atoms with Crippen molar-refractivity contribution >= 4 is 11.9 Å². The zero-order valence-corrected chi connectivity index (χ0v) is 8.71. The average molecular weight is 239 g/mol. The third-order valence-electron chi connectivity index (χ3n) is 2.48. The fourth-order valence-electron chi connectivity index (χ4n) is 1.72. The van der Waals surface area contributed by atoms with Crippen LogP contribution in [-0.4, -0.2) is 42.6 Å². The third-order valence-corrected chi connectivity index (χ3v) is 2.48. The number of carbonyl (C=O) groups is 2. The Morgan fingerprint density at radius 2 is 1.94 bits per heavy atom. The van der Waals surface area contributed by atoms with Crippen molar-refractivity contribution in [2.75, 3.05) is 13.7 Å². The zero-order valence-electron chi connectivity index (χ0n) is 8.71. The molecule has 0 bridgehead atoms. The summed E-state index contributed by atoms with van der Waals surface area (Å²) in [5, 5.41) is 0. The van der Waals surface area contributed by atoms with Gasteiger partial charge in [0.05, 0.1) is 7.11 Å². The summed E-state index contributed by atoms with van der Waals surface area (Å²) in [5.74, 6) is -2.76. The van der Waals surface area contributed by atoms with Crippen molar-refractivity contribution in [3.63, 3.8) is 0 Å². The van der Waals surface area contributed by atoms with Gasteiger partial charge in [-0.2, -0.15) is 13.2 Å². The van der Waals surface area contributed by atoms with Gasteiger partial charge in [0.1, 0.15) is 6.04 Å². The van der Waals surface area contributed by atoms with Crippen molar-refractivity contribution in [3.05, 3.63) is 0 Å². The Bertz CT molecular complexity index is 290. The van der Waals surface area contributed by atoms with Crippen molar-refractivity contribution in [1.82, 2.24) is 4.90 Å². The summed E-state index contributed by atoms with van der Waals surface area (Å²) >= 11 is 0. The molecule has 1 heterocycles. The highest BCUT2D eigenvalue weighted by molar-refractivity contribution is 5.87. The molecule has 92 valence electrons. The molecule has 0 N–H and O–H groups in total. The second-order valence-corrected chi connectivity index (χ2v) is 3.53. The number of hydrogen-bond donors (Lipinski definition) is 0. The Balaban J connectivity index is 2.82. The molecule has 4 nitrogen and oxygen atoms in total. The van der Waals surface area contributed by atoms with Crippen molar-refractivity contribution in [3.8, 4) is 0 Å². The van der Waals surface area contributed by atoms with Gasteiger partial charge in [0.2, 0.25) is 0 Å². The Morgan fingerprint density at radius 3 is 2.44 bits per heavy atom. The lowest BCUT2D eigenvalue weighted by atomic mass is 10.0. The van der Waals surface area contributed by atoms with Crippen LogP contribution in [0.1, 0.15) is 19.3 Å². The largest absolute Gasteiger partial charge is 0.471 e. The number of likely N-dealkylation sites (tertiary alicyclic amines) is 1. The van der Waals surface area contributed by atoms with Gasteiger partial charge in [0.15, 0.2) is 0 Å². The summed E-state index contributed by atoms with van der Waals surface area (Å²) in [5.41, 5.74) is 0. The summed E-state index contributed by atoms with van der Waals surface area (Å²) in [6.45, 7) is -0.0574. The lowest BCUT2D eigenvalue weighted by molar-refractivity contribution is -0.191. The van der Waals surface area contributed by atoms with E-state index in [1.165, 1.54) is 0 Å². The highest BCUT2D eigenvalue weighted by Gasteiger charge is 2.46. The minimum Gasteiger partial charge on any atom is -0.467 e. The van der Waals surface area contributed by atoms with Gasteiger partial charge in [0.25, 0.3) is 0 Å². The normalized spacial score (nSPS) is 21.8. The summed E-state index contributed by atoms with van der Waals surface area (Å²) in [4.78, 5) is 22.8. The van der Waals surface area contributed by atoms with Crippen LogP contribution in [0.3, 0.4) is 0 Å². The summed E-state index contributed by atoms with van der Waals surface area (Å²) in [7, 11) is 1.09. The number of methoxy groups -OCH3 is 1. The van der Waals surface area contributed by atoms with E-state index in [0.717, 1.165) is 7.11 Å². The van der Waals surface area contributed by atoms with Gasteiger partial charge >= 0.3 is 18.1 Å². The molecule has 0 aromatic rings. The Hall–Kier alpha value is -1.27. The molecule has 0 aromatic carbocycles. The van der Waals surface area contributed by atoms with E-state index < -0.39 is 24.1 Å². The number of halogens is 3. The molecule has 1 rings (SSSR count). The van der Waals surface area contributed by atoms with Gasteiger partial charge in [-0.15, -0.1) is 0 Å². The average Bonchev–Trinajstić information content (AvgIpc) is 2.25. The number of carbonyl (C=O) groups excluding carboxylic acids is 2. The van der Waals surface area contributed by atoms with Crippen molar-refractivity contribution in [1.29, 1.82) is 0 Å². The molecule has 0 aliphatic carbocycles. The SMILES string of the molecule is COC(=O)[C@@H]1CCCCN1C(=O)C(F)(F)F. The number of piperidine rings is 1. The van der Waals surface area contributed by atoms with Crippen molar-refractivity contribution in [2.45, 2.75) is 31.5 Å². The van der Waals surface area contributed by atoms with Gasteiger partial charge in [-0.3, -0.25) is 4.79 Å². The van der Waals surface area contributed by atoms with E-state index >= 15 is 0 Å². The highest BCUT2D eigenvalue weighted by Crippen LogP contribution is 2.25. The molecule has 7 heteroatoms. The lowest BCUT2D eigenvalue weighted by Gasteiger charge is -2.33. The Labute approximate surface area is 90.3 Å². The summed E-state index contributed by atoms with van der Waals surface area (Å²) in [6, 6.07) is -1.10. The molecule has 1 fully saturated rings. The van der Waals surface area contributed by atoms with Crippen molar-refractivity contribution in [2.24, 2.45) is 0 Å². The van der Waals surface area contributed by atoms with Gasteiger partial charge in [-0.1, -0.05) is 0 Å². The first-order valence-electron chi connectivity index (χ1n) is 4.83. The maximum absolute atomic E-state index is 12.2. The van der Waals surface area contributed by atoms with Gasteiger partial charge in [-0.25, -0.2) is 4.79 Å². The minimum absolute atomic E-state index is 0.0574. The van der Waals surface area contributed by atoms with E-state index in [2.05, 4.69) is 4.74 Å². The van der Waals surface area contributed by atoms with Crippen LogP contribution < -0.4 is 0 Å². The quantitative estimate of drug-likeness (QED) is 0.644. The molecule has 0 radical (unpaired) electrons. The number of ether oxygens (including phenoxy) is 1. The summed E-state index contributed by atoms with van der Waals surface area (Å²) in [6.07, 6.45) is -3.64. The number of nitrogens with zero attached hydrogens (tertiary/aromatic N) is 1. The fourth-order valence-corrected chi connectivity index (χ4v) is 1.72. The van der Waals surface area contributed by atoms with E-state index in [4.69, 9.17) is 0 Å². The molecule has 1 amide bonds. The third kappa shape index (κ3) is 2.65. The van der Waals surface area contributed by atoms with E-state index in [-0.39, 0.29) is 13.0 Å². The Kier molecular flexibility index (Phi) is 3.77. The first-order chi connectivity index (χ1) is 7.38. The van der Waals surface area contributed by atoms with Gasteiger partial charge < -0.3 is 9.64 Å². The standard InChI is InChI=1S/C9H12F3NO3/c1-16-7(14)6-4-2-3-5-13(6)8(15)9(10,11)12/h6H,2-5H2,1H3/t6-/m0/s1. The topological polar surface area (TPSA) is 46.6 Å². The van der Waals surface area contributed by atoms with Crippen LogP contribution in [0.5, 0.6) is 0 Å². The van der Waals surface area contributed by atoms with Gasteiger partial charge in [0, 0.05) is 6.54 Å². The van der Waals surface area contributed by atoms with E-state index in [1.807, 2.05) is 0 Å². The second-order valence-electron chi connectivity index (χ2n) is 3.53. The maximum Gasteiger partial charge on any atom is 0.471 e. The molecular weight excluding hydrogens is 227 g/mol. The molecule has 0 saturated carbocycles. The molecule has 1 aliphatic heterocycles. The number of hydrogen-bond acceptors (Lipinski definition) is 3. The number of esters is 1. The fraction of sp³-hybridized carbons (Fsp3) is 0.778. The van der Waals surface area contributed by atoms with Crippen LogP contribution >= 0.6 is 0 Å². The van der Waals surface area contributed by atoms with E-state index in [0.29, 0.717) is 17.7 Å². The van der Waals surface area contributed by atoms with Gasteiger partial charge in [-0.05, 0) is 19.3 Å². The molecule has 1 aliphatic rings. The lowest BCUT2D eigenvalue weighted by Crippen LogP contribution is -2.52. The zero-order chi connectivity index (χ0) is 12.3. The Morgan fingerprint density at radius 1 is 1.31 bits per heavy atom. The van der Waals surface area contributed by atoms with Crippen LogP contribution in [0, 0.1) is 0 Å². The molecule has 0 aromatic heterocycles. The molecule has 1 saturated heterocycles. The molecule has 16 heavy (non-hydrogen) atoms. The van der Waals surface area contributed by atoms with Crippen LogP contribution in [0.15, 0.2) is 0 Å². The van der Waals surface area contributed by atoms with E-state index in [9.17, 15) is 22.8 Å². The molecule has 0 unspecified atom stereocenters. The molecule has 0 spiro atoms. The predicted molar refractivity (Wildman–Crippen MR) is 47.4 cm³/mol. The number of rotatable bonds is 1. The summed E-state index contributed by atoms with van der Waals surface area (Å²) < 4.78 is 41.1. The first-order valence-corrected chi connectivity index (χ1v) is 4.83. The smallest absolute Gasteiger partial charge is 0.467 e. The molecule has 1 atom stereocenters. The van der Waals surface area contributed by atoms with Crippen LogP contribution in [-0.2, 0) is 14.3 Å². The van der Waals surface area contributed by atoms with E-state index in [1.54, 1.807) is 0 Å². The monoisotopic (exact) mass is 239 g/mol. The van der Waals surface area contributed by atoms with Crippen LogP contribution in [0.2, 0.25) is 0 Å². The predicted octanol–water partition coefficient (Wildman–Crippen LogP) is 1.10. The maximum atomic E-state index is 12.2. The second kappa shape index (κ2) is 4.71. The molecular formula is C9H12F3NO3. The van der Waals surface area contributed by atoms with Crippen molar-refractivity contribution < 1.29 is 27.5 Å². The minimum atomic E-state index is -4.94. The van der Waals surface area contributed by atoms with Crippen LogP contribution in [0.4, 0.5) is 13.2 Å². The number of alkyl halides is 3.